The second kappa shape index (κ2) is 8.10. The Morgan fingerprint density at radius 2 is 1.83 bits per heavy atom. The van der Waals surface area contributed by atoms with Gasteiger partial charge in [0, 0.05) is 61.5 Å². The fraction of sp³-hybridized carbons (Fsp3) is 0.458. The number of aliphatic hydroxyl groups is 1. The number of nitrogens with zero attached hydrogens (tertiary/aromatic N) is 2. The van der Waals surface area contributed by atoms with Crippen molar-refractivity contribution in [3.05, 3.63) is 65.5 Å². The molecule has 2 fully saturated rings. The van der Waals surface area contributed by atoms with E-state index in [4.69, 9.17) is 4.74 Å². The first-order chi connectivity index (χ1) is 14.7. The molecule has 0 spiro atoms. The van der Waals surface area contributed by atoms with Gasteiger partial charge in [-0.25, -0.2) is 4.39 Å². The van der Waals surface area contributed by atoms with Gasteiger partial charge in [-0.05, 0) is 30.5 Å². The van der Waals surface area contributed by atoms with Crippen LogP contribution in [0.25, 0.3) is 0 Å². The molecule has 0 aromatic heterocycles. The fourth-order valence-electron chi connectivity index (χ4n) is 5.40. The Balaban J connectivity index is 1.45. The van der Waals surface area contributed by atoms with E-state index in [1.54, 1.807) is 12.1 Å². The summed E-state index contributed by atoms with van der Waals surface area (Å²) < 4.78 is 19.7. The van der Waals surface area contributed by atoms with Gasteiger partial charge in [0.05, 0.1) is 6.61 Å². The molecule has 5 rings (SSSR count). The summed E-state index contributed by atoms with van der Waals surface area (Å²) in [6.45, 7) is 2.27. The van der Waals surface area contributed by atoms with Gasteiger partial charge >= 0.3 is 0 Å². The first-order valence-electron chi connectivity index (χ1n) is 10.8. The molecule has 0 radical (unpaired) electrons. The van der Waals surface area contributed by atoms with Crippen LogP contribution in [-0.4, -0.2) is 54.4 Å². The van der Waals surface area contributed by atoms with Crippen molar-refractivity contribution in [3.63, 3.8) is 0 Å². The Hall–Kier alpha value is -2.28. The lowest BCUT2D eigenvalue weighted by Crippen LogP contribution is -2.69. The maximum atomic E-state index is 14.3. The predicted octanol–water partition coefficient (Wildman–Crippen LogP) is 2.93. The Morgan fingerprint density at radius 1 is 1.10 bits per heavy atom. The molecule has 3 aliphatic heterocycles. The van der Waals surface area contributed by atoms with Gasteiger partial charge in [-0.15, -0.1) is 0 Å². The SMILES string of the molecule is O=C(C1CCOCC1)N1C[C@H]2[C@@H](c3ccccc31)[C@@H](CO)N2Cc1ccccc1F. The van der Waals surface area contributed by atoms with Gasteiger partial charge in [0.1, 0.15) is 5.82 Å². The molecule has 6 heteroatoms. The van der Waals surface area contributed by atoms with Gasteiger partial charge in [0.25, 0.3) is 0 Å². The van der Waals surface area contributed by atoms with Crippen LogP contribution in [0.3, 0.4) is 0 Å². The molecule has 3 aliphatic rings. The molecular formula is C24H27FN2O3. The third kappa shape index (κ3) is 3.23. The highest BCUT2D eigenvalue weighted by atomic mass is 19.1. The summed E-state index contributed by atoms with van der Waals surface area (Å²) in [5, 5.41) is 10.1. The number of carbonyl (C=O) groups excluding carboxylic acids is 1. The molecule has 158 valence electrons. The number of para-hydroxylation sites is 1. The number of rotatable bonds is 4. The Morgan fingerprint density at radius 3 is 2.60 bits per heavy atom. The molecule has 0 aliphatic carbocycles. The Kier molecular flexibility index (Phi) is 5.31. The number of hydrogen-bond donors (Lipinski definition) is 1. The van der Waals surface area contributed by atoms with Crippen molar-refractivity contribution in [2.24, 2.45) is 5.92 Å². The van der Waals surface area contributed by atoms with Crippen molar-refractivity contribution >= 4 is 11.6 Å². The molecule has 0 unspecified atom stereocenters. The first kappa shape index (κ1) is 19.7. The molecule has 0 bridgehead atoms. The van der Waals surface area contributed by atoms with Crippen LogP contribution in [0.15, 0.2) is 48.5 Å². The molecule has 2 aromatic carbocycles. The summed E-state index contributed by atoms with van der Waals surface area (Å²) >= 11 is 0. The second-order valence-electron chi connectivity index (χ2n) is 8.50. The lowest BCUT2D eigenvalue weighted by molar-refractivity contribution is -0.126. The lowest BCUT2D eigenvalue weighted by atomic mass is 9.71. The van der Waals surface area contributed by atoms with E-state index in [0.29, 0.717) is 31.9 Å². The molecule has 1 N–H and O–H groups in total. The van der Waals surface area contributed by atoms with Crippen LogP contribution >= 0.6 is 0 Å². The van der Waals surface area contributed by atoms with Crippen molar-refractivity contribution in [1.29, 1.82) is 0 Å². The standard InChI is InChI=1S/C24H27FN2O3/c25-19-7-3-1-5-17(19)13-26-21-14-27(24(29)16-9-11-30-12-10-16)20-8-4-2-6-18(20)23(21)22(26)15-28/h1-8,16,21-23,28H,9-15H2/t21-,22+,23+/m0/s1. The van der Waals surface area contributed by atoms with Gasteiger partial charge in [-0.1, -0.05) is 36.4 Å². The van der Waals surface area contributed by atoms with Crippen LogP contribution in [0.2, 0.25) is 0 Å². The summed E-state index contributed by atoms with van der Waals surface area (Å²) in [7, 11) is 0. The maximum Gasteiger partial charge on any atom is 0.230 e. The smallest absolute Gasteiger partial charge is 0.230 e. The van der Waals surface area contributed by atoms with Crippen molar-refractivity contribution in [2.75, 3.05) is 31.3 Å². The molecular weight excluding hydrogens is 383 g/mol. The highest BCUT2D eigenvalue weighted by Crippen LogP contribution is 2.49. The number of benzene rings is 2. The minimum Gasteiger partial charge on any atom is -0.395 e. The topological polar surface area (TPSA) is 53.0 Å². The normalized spacial score (nSPS) is 26.6. The van der Waals surface area contributed by atoms with Crippen LogP contribution < -0.4 is 4.90 Å². The van der Waals surface area contributed by atoms with E-state index in [1.165, 1.54) is 6.07 Å². The van der Waals surface area contributed by atoms with E-state index in [1.807, 2.05) is 29.2 Å². The molecule has 3 heterocycles. The van der Waals surface area contributed by atoms with Gasteiger partial charge in [0.2, 0.25) is 5.91 Å². The van der Waals surface area contributed by atoms with Gasteiger partial charge in [0.15, 0.2) is 0 Å². The third-order valence-electron chi connectivity index (χ3n) is 6.97. The molecule has 2 aromatic rings. The average Bonchev–Trinajstić information content (AvgIpc) is 2.78. The highest BCUT2D eigenvalue weighted by molar-refractivity contribution is 5.96. The third-order valence-corrected chi connectivity index (χ3v) is 6.97. The zero-order valence-electron chi connectivity index (χ0n) is 16.9. The summed E-state index contributed by atoms with van der Waals surface area (Å²) in [6.07, 6.45) is 1.51. The zero-order valence-corrected chi connectivity index (χ0v) is 16.9. The van der Waals surface area contributed by atoms with Crippen molar-refractivity contribution in [2.45, 2.75) is 37.4 Å². The van der Waals surface area contributed by atoms with E-state index < -0.39 is 0 Å². The van der Waals surface area contributed by atoms with E-state index in [-0.39, 0.29) is 42.3 Å². The van der Waals surface area contributed by atoms with Crippen molar-refractivity contribution in [1.82, 2.24) is 4.90 Å². The van der Waals surface area contributed by atoms with Crippen LogP contribution in [0.1, 0.15) is 29.9 Å². The monoisotopic (exact) mass is 410 g/mol. The largest absolute Gasteiger partial charge is 0.395 e. The number of hydrogen-bond acceptors (Lipinski definition) is 4. The van der Waals surface area contributed by atoms with Crippen LogP contribution in [0.5, 0.6) is 0 Å². The van der Waals surface area contributed by atoms with E-state index >= 15 is 0 Å². The van der Waals surface area contributed by atoms with E-state index in [0.717, 1.165) is 24.1 Å². The summed E-state index contributed by atoms with van der Waals surface area (Å²) in [4.78, 5) is 17.5. The highest BCUT2D eigenvalue weighted by Gasteiger charge is 2.53. The molecule has 1 amide bonds. The number of ether oxygens (including phenoxy) is 1. The lowest BCUT2D eigenvalue weighted by Gasteiger charge is -2.59. The quantitative estimate of drug-likeness (QED) is 0.842. The molecule has 5 nitrogen and oxygen atoms in total. The van der Waals surface area contributed by atoms with Crippen molar-refractivity contribution < 1.29 is 19.0 Å². The van der Waals surface area contributed by atoms with Crippen LogP contribution in [0.4, 0.5) is 10.1 Å². The second-order valence-corrected chi connectivity index (χ2v) is 8.50. The van der Waals surface area contributed by atoms with Crippen LogP contribution in [-0.2, 0) is 16.1 Å². The number of halogens is 1. The molecule has 3 atom stereocenters. The zero-order chi connectivity index (χ0) is 20.7. The maximum absolute atomic E-state index is 14.3. The summed E-state index contributed by atoms with van der Waals surface area (Å²) in [5.74, 6) is 0.0558. The summed E-state index contributed by atoms with van der Waals surface area (Å²) in [5.41, 5.74) is 2.69. The number of amides is 1. The minimum absolute atomic E-state index is 0.0118. The van der Waals surface area contributed by atoms with Gasteiger partial charge < -0.3 is 14.7 Å². The number of anilines is 1. The Labute approximate surface area is 176 Å². The minimum atomic E-state index is -0.232. The van der Waals surface area contributed by atoms with Crippen molar-refractivity contribution in [3.8, 4) is 0 Å². The van der Waals surface area contributed by atoms with E-state index in [9.17, 15) is 14.3 Å². The Bertz CT molecular complexity index is 930. The molecule has 30 heavy (non-hydrogen) atoms. The number of carbonyl (C=O) groups is 1. The molecule has 2 saturated heterocycles. The first-order valence-corrected chi connectivity index (χ1v) is 10.8. The van der Waals surface area contributed by atoms with Gasteiger partial charge in [-0.3, -0.25) is 9.69 Å². The van der Waals surface area contributed by atoms with Gasteiger partial charge in [-0.2, -0.15) is 0 Å². The number of fused-ring (bicyclic) bond motifs is 3. The molecule has 0 saturated carbocycles. The average molecular weight is 410 g/mol. The van der Waals surface area contributed by atoms with E-state index in [2.05, 4.69) is 11.0 Å². The summed E-state index contributed by atoms with van der Waals surface area (Å²) in [6, 6.07) is 14.8. The number of aliphatic hydroxyl groups excluding tert-OH is 1. The van der Waals surface area contributed by atoms with Crippen LogP contribution in [0, 0.1) is 11.7 Å². The number of likely N-dealkylation sites (tertiary alicyclic amines) is 1. The predicted molar refractivity (Wildman–Crippen MR) is 112 cm³/mol. The fourth-order valence-corrected chi connectivity index (χ4v) is 5.40.